The SMILES string of the molecule is CC(C)NS(=O)(=O)c1ccccc1C(=O)N(C)Cc1cnn(-c2ccccc2)c1. The van der Waals surface area contributed by atoms with Crippen molar-refractivity contribution >= 4 is 15.9 Å². The largest absolute Gasteiger partial charge is 0.337 e. The number of sulfonamides is 1. The number of para-hydroxylation sites is 1. The number of nitrogens with zero attached hydrogens (tertiary/aromatic N) is 3. The lowest BCUT2D eigenvalue weighted by Gasteiger charge is -2.19. The molecule has 152 valence electrons. The first kappa shape index (κ1) is 20.8. The van der Waals surface area contributed by atoms with E-state index in [4.69, 9.17) is 0 Å². The minimum Gasteiger partial charge on any atom is -0.337 e. The lowest BCUT2D eigenvalue weighted by molar-refractivity contribution is 0.0781. The van der Waals surface area contributed by atoms with Gasteiger partial charge in [0.1, 0.15) is 0 Å². The second-order valence-electron chi connectivity index (χ2n) is 7.06. The third-order valence-electron chi connectivity index (χ3n) is 4.22. The number of hydrogen-bond donors (Lipinski definition) is 1. The highest BCUT2D eigenvalue weighted by atomic mass is 32.2. The molecule has 1 heterocycles. The van der Waals surface area contributed by atoms with Crippen LogP contribution in [0, 0.1) is 0 Å². The first-order valence-corrected chi connectivity index (χ1v) is 10.7. The Morgan fingerprint density at radius 1 is 1.10 bits per heavy atom. The van der Waals surface area contributed by atoms with Gasteiger partial charge in [-0.25, -0.2) is 17.8 Å². The summed E-state index contributed by atoms with van der Waals surface area (Å²) < 4.78 is 29.5. The molecular weight excluding hydrogens is 388 g/mol. The minimum absolute atomic E-state index is 0.0227. The summed E-state index contributed by atoms with van der Waals surface area (Å²) in [6.07, 6.45) is 3.54. The van der Waals surface area contributed by atoms with Crippen molar-refractivity contribution in [2.45, 2.75) is 31.3 Å². The quantitative estimate of drug-likeness (QED) is 0.647. The van der Waals surface area contributed by atoms with Gasteiger partial charge < -0.3 is 4.90 Å². The van der Waals surface area contributed by atoms with Crippen LogP contribution < -0.4 is 4.72 Å². The van der Waals surface area contributed by atoms with Crippen LogP contribution in [0.25, 0.3) is 5.69 Å². The number of aromatic nitrogens is 2. The Balaban J connectivity index is 1.81. The molecule has 0 aliphatic carbocycles. The number of nitrogens with one attached hydrogen (secondary N) is 1. The summed E-state index contributed by atoms with van der Waals surface area (Å²) in [5.74, 6) is -0.373. The zero-order valence-corrected chi connectivity index (χ0v) is 17.4. The summed E-state index contributed by atoms with van der Waals surface area (Å²) in [6.45, 7) is 3.77. The number of carbonyl (C=O) groups is 1. The normalized spacial score (nSPS) is 11.6. The molecule has 0 saturated heterocycles. The van der Waals surface area contributed by atoms with Gasteiger partial charge in [-0.3, -0.25) is 4.79 Å². The molecule has 0 bridgehead atoms. The molecule has 2 aromatic carbocycles. The Hall–Kier alpha value is -2.97. The number of amides is 1. The van der Waals surface area contributed by atoms with E-state index in [0.29, 0.717) is 6.54 Å². The van der Waals surface area contributed by atoms with Gasteiger partial charge in [-0.1, -0.05) is 30.3 Å². The van der Waals surface area contributed by atoms with Crippen molar-refractivity contribution in [3.8, 4) is 5.69 Å². The van der Waals surface area contributed by atoms with Crippen LogP contribution in [-0.4, -0.2) is 42.1 Å². The molecule has 1 aromatic heterocycles. The molecule has 7 nitrogen and oxygen atoms in total. The zero-order valence-electron chi connectivity index (χ0n) is 16.6. The predicted octanol–water partition coefficient (Wildman–Crippen LogP) is 2.83. The summed E-state index contributed by atoms with van der Waals surface area (Å²) >= 11 is 0. The van der Waals surface area contributed by atoms with Crippen LogP contribution in [0.4, 0.5) is 0 Å². The zero-order chi connectivity index (χ0) is 21.0. The highest BCUT2D eigenvalue weighted by molar-refractivity contribution is 7.89. The van der Waals surface area contributed by atoms with E-state index in [1.54, 1.807) is 43.9 Å². The number of rotatable bonds is 7. The second-order valence-corrected chi connectivity index (χ2v) is 8.74. The van der Waals surface area contributed by atoms with Crippen molar-refractivity contribution in [2.75, 3.05) is 7.05 Å². The van der Waals surface area contributed by atoms with E-state index in [-0.39, 0.29) is 22.4 Å². The fourth-order valence-electron chi connectivity index (χ4n) is 2.97. The van der Waals surface area contributed by atoms with Crippen LogP contribution in [0.2, 0.25) is 0 Å². The van der Waals surface area contributed by atoms with Crippen LogP contribution in [0.5, 0.6) is 0 Å². The molecule has 0 aliphatic rings. The Kier molecular flexibility index (Phi) is 6.14. The van der Waals surface area contributed by atoms with Gasteiger partial charge in [-0.05, 0) is 38.1 Å². The smallest absolute Gasteiger partial charge is 0.255 e. The van der Waals surface area contributed by atoms with E-state index in [2.05, 4.69) is 9.82 Å². The van der Waals surface area contributed by atoms with Gasteiger partial charge in [0.05, 0.1) is 22.3 Å². The lowest BCUT2D eigenvalue weighted by atomic mass is 10.2. The average molecular weight is 413 g/mol. The maximum atomic E-state index is 13.0. The molecule has 3 aromatic rings. The molecule has 1 amide bonds. The van der Waals surface area contributed by atoms with Crippen molar-refractivity contribution < 1.29 is 13.2 Å². The molecular formula is C21H24N4O3S. The molecule has 3 rings (SSSR count). The lowest BCUT2D eigenvalue weighted by Crippen LogP contribution is -2.33. The van der Waals surface area contributed by atoms with Crippen molar-refractivity contribution in [1.82, 2.24) is 19.4 Å². The van der Waals surface area contributed by atoms with Gasteiger partial charge in [0.15, 0.2) is 0 Å². The van der Waals surface area contributed by atoms with Crippen molar-refractivity contribution in [3.05, 3.63) is 78.1 Å². The van der Waals surface area contributed by atoms with E-state index in [1.807, 2.05) is 36.5 Å². The summed E-state index contributed by atoms with van der Waals surface area (Å²) in [4.78, 5) is 14.4. The van der Waals surface area contributed by atoms with Gasteiger partial charge in [0, 0.05) is 31.4 Å². The molecule has 8 heteroatoms. The summed E-state index contributed by atoms with van der Waals surface area (Å²) in [5, 5.41) is 4.33. The minimum atomic E-state index is -3.79. The van der Waals surface area contributed by atoms with Crippen LogP contribution in [-0.2, 0) is 16.6 Å². The van der Waals surface area contributed by atoms with Gasteiger partial charge >= 0.3 is 0 Å². The maximum Gasteiger partial charge on any atom is 0.255 e. The molecule has 0 radical (unpaired) electrons. The molecule has 0 unspecified atom stereocenters. The molecule has 0 fully saturated rings. The Morgan fingerprint density at radius 3 is 2.45 bits per heavy atom. The average Bonchev–Trinajstić information content (AvgIpc) is 3.15. The molecule has 0 spiro atoms. The van der Waals surface area contributed by atoms with Gasteiger partial charge in [0.2, 0.25) is 10.0 Å². The van der Waals surface area contributed by atoms with E-state index >= 15 is 0 Å². The monoisotopic (exact) mass is 412 g/mol. The Labute approximate surface area is 171 Å². The predicted molar refractivity (Wildman–Crippen MR) is 111 cm³/mol. The van der Waals surface area contributed by atoms with Crippen molar-refractivity contribution in [3.63, 3.8) is 0 Å². The topological polar surface area (TPSA) is 84.3 Å². The van der Waals surface area contributed by atoms with Crippen LogP contribution >= 0.6 is 0 Å². The van der Waals surface area contributed by atoms with Crippen molar-refractivity contribution in [1.29, 1.82) is 0 Å². The fourth-order valence-corrected chi connectivity index (χ4v) is 4.42. The highest BCUT2D eigenvalue weighted by Gasteiger charge is 2.24. The summed E-state index contributed by atoms with van der Waals surface area (Å²) in [7, 11) is -2.15. The number of benzene rings is 2. The number of carbonyl (C=O) groups excluding carboxylic acids is 1. The standard InChI is InChI=1S/C21H24N4O3S/c1-16(2)23-29(27,28)20-12-8-7-11-19(20)21(26)24(3)14-17-13-22-25(15-17)18-9-5-4-6-10-18/h4-13,15-16,23H,14H2,1-3H3. The van der Waals surface area contributed by atoms with Crippen LogP contribution in [0.3, 0.4) is 0 Å². The van der Waals surface area contributed by atoms with E-state index in [1.165, 1.54) is 17.0 Å². The van der Waals surface area contributed by atoms with Crippen molar-refractivity contribution in [2.24, 2.45) is 0 Å². The van der Waals surface area contributed by atoms with E-state index in [9.17, 15) is 13.2 Å². The fraction of sp³-hybridized carbons (Fsp3) is 0.238. The first-order chi connectivity index (χ1) is 13.8. The Bertz CT molecular complexity index is 1090. The molecule has 0 aliphatic heterocycles. The van der Waals surface area contributed by atoms with Crippen LogP contribution in [0.15, 0.2) is 71.9 Å². The van der Waals surface area contributed by atoms with Crippen LogP contribution in [0.1, 0.15) is 29.8 Å². The molecule has 0 atom stereocenters. The molecule has 0 saturated carbocycles. The number of hydrogen-bond acceptors (Lipinski definition) is 4. The first-order valence-electron chi connectivity index (χ1n) is 9.24. The van der Waals surface area contributed by atoms with Gasteiger partial charge in [-0.2, -0.15) is 5.10 Å². The summed E-state index contributed by atoms with van der Waals surface area (Å²) in [6, 6.07) is 15.6. The Morgan fingerprint density at radius 2 is 1.76 bits per heavy atom. The van der Waals surface area contributed by atoms with E-state index < -0.39 is 10.0 Å². The molecule has 29 heavy (non-hydrogen) atoms. The second kappa shape index (κ2) is 8.59. The summed E-state index contributed by atoms with van der Waals surface area (Å²) in [5.41, 5.74) is 1.90. The van der Waals surface area contributed by atoms with Gasteiger partial charge in [0.25, 0.3) is 5.91 Å². The molecule has 1 N–H and O–H groups in total. The highest BCUT2D eigenvalue weighted by Crippen LogP contribution is 2.19. The van der Waals surface area contributed by atoms with E-state index in [0.717, 1.165) is 11.3 Å². The third kappa shape index (κ3) is 4.90. The maximum absolute atomic E-state index is 13.0. The third-order valence-corrected chi connectivity index (χ3v) is 5.94. The van der Waals surface area contributed by atoms with Gasteiger partial charge in [-0.15, -0.1) is 0 Å².